The van der Waals surface area contributed by atoms with Crippen molar-refractivity contribution >= 4 is 33.2 Å². The molecule has 0 radical (unpaired) electrons. The highest BCUT2D eigenvalue weighted by atomic mass is 79.9. The first kappa shape index (κ1) is 14.4. The Hall–Kier alpha value is -1.53. The Balaban J connectivity index is 1.74. The molecular weight excluding hydrogens is 368 g/mol. The topological polar surface area (TPSA) is 30.5 Å². The van der Waals surface area contributed by atoms with Gasteiger partial charge in [-0.15, -0.1) is 8.78 Å². The van der Waals surface area contributed by atoms with Crippen LogP contribution >= 0.6 is 27.5 Å². The molecule has 0 saturated heterocycles. The van der Waals surface area contributed by atoms with Crippen LogP contribution in [0.15, 0.2) is 40.9 Å². The molecule has 1 N–H and O–H groups in total. The van der Waals surface area contributed by atoms with Crippen molar-refractivity contribution in [2.45, 2.75) is 12.8 Å². The van der Waals surface area contributed by atoms with Gasteiger partial charge in [-0.1, -0.05) is 27.5 Å². The maximum absolute atomic E-state index is 12.9. The second-order valence-corrected chi connectivity index (χ2v) is 5.71. The van der Waals surface area contributed by atoms with Crippen LogP contribution in [0.3, 0.4) is 0 Å². The quantitative estimate of drug-likeness (QED) is 0.814. The number of anilines is 1. The highest BCUT2D eigenvalue weighted by molar-refractivity contribution is 9.10. The fourth-order valence-electron chi connectivity index (χ4n) is 1.94. The van der Waals surface area contributed by atoms with E-state index in [0.717, 1.165) is 10.0 Å². The van der Waals surface area contributed by atoms with E-state index in [2.05, 4.69) is 30.7 Å². The van der Waals surface area contributed by atoms with Gasteiger partial charge in [0.15, 0.2) is 11.5 Å². The van der Waals surface area contributed by atoms with Crippen LogP contribution in [-0.4, -0.2) is 6.29 Å². The summed E-state index contributed by atoms with van der Waals surface area (Å²) in [5.74, 6) is 0.0321. The molecule has 3 nitrogen and oxygen atoms in total. The number of ether oxygens (including phenoxy) is 2. The first-order chi connectivity index (χ1) is 9.93. The summed E-state index contributed by atoms with van der Waals surface area (Å²) in [7, 11) is 0. The number of alkyl halides is 2. The summed E-state index contributed by atoms with van der Waals surface area (Å²) in [5.41, 5.74) is 1.59. The molecule has 0 atom stereocenters. The van der Waals surface area contributed by atoms with Crippen LogP contribution < -0.4 is 14.8 Å². The third-order valence-corrected chi connectivity index (χ3v) is 3.90. The van der Waals surface area contributed by atoms with E-state index >= 15 is 0 Å². The van der Waals surface area contributed by atoms with E-state index in [0.29, 0.717) is 17.3 Å². The van der Waals surface area contributed by atoms with Crippen LogP contribution in [0.25, 0.3) is 0 Å². The smallest absolute Gasteiger partial charge is 0.395 e. The SMILES string of the molecule is FC1(F)Oc2ccc(NCc3cc(Cl)ccc3Br)cc2O1. The number of benzene rings is 2. The van der Waals surface area contributed by atoms with Gasteiger partial charge in [0.1, 0.15) is 0 Å². The zero-order chi connectivity index (χ0) is 15.0. The summed E-state index contributed by atoms with van der Waals surface area (Å²) >= 11 is 9.36. The van der Waals surface area contributed by atoms with Crippen molar-refractivity contribution in [2.75, 3.05) is 5.32 Å². The molecule has 1 aliphatic heterocycles. The Morgan fingerprint density at radius 3 is 2.67 bits per heavy atom. The monoisotopic (exact) mass is 375 g/mol. The minimum Gasteiger partial charge on any atom is -0.395 e. The summed E-state index contributed by atoms with van der Waals surface area (Å²) in [5, 5.41) is 3.74. The van der Waals surface area contributed by atoms with E-state index in [4.69, 9.17) is 11.6 Å². The molecule has 2 aromatic rings. The van der Waals surface area contributed by atoms with Crippen molar-refractivity contribution in [2.24, 2.45) is 0 Å². The average Bonchev–Trinajstić information content (AvgIpc) is 2.72. The Bertz CT molecular complexity index is 697. The average molecular weight is 377 g/mol. The van der Waals surface area contributed by atoms with Gasteiger partial charge < -0.3 is 14.8 Å². The van der Waals surface area contributed by atoms with Crippen molar-refractivity contribution < 1.29 is 18.3 Å². The number of nitrogens with one attached hydrogen (secondary N) is 1. The first-order valence-corrected chi connectivity index (χ1v) is 7.18. The Morgan fingerprint density at radius 2 is 1.86 bits per heavy atom. The second-order valence-electron chi connectivity index (χ2n) is 4.42. The Kier molecular flexibility index (Phi) is 3.67. The molecule has 2 aromatic carbocycles. The van der Waals surface area contributed by atoms with Gasteiger partial charge >= 0.3 is 6.29 Å². The molecular formula is C14H9BrClF2NO2. The standard InChI is InChI=1S/C14H9BrClF2NO2/c15-11-3-1-9(16)5-8(11)7-19-10-2-4-12-13(6-10)21-14(17,18)20-12/h1-6,19H,7H2. The molecule has 1 aliphatic rings. The molecule has 0 aliphatic carbocycles. The van der Waals surface area contributed by atoms with Gasteiger partial charge in [-0.05, 0) is 35.9 Å². The summed E-state index contributed by atoms with van der Waals surface area (Å²) in [4.78, 5) is 0. The number of fused-ring (bicyclic) bond motifs is 1. The van der Waals surface area contributed by atoms with Crippen molar-refractivity contribution in [1.82, 2.24) is 0 Å². The van der Waals surface area contributed by atoms with Gasteiger partial charge in [0.25, 0.3) is 0 Å². The molecule has 3 rings (SSSR count). The van der Waals surface area contributed by atoms with E-state index in [-0.39, 0.29) is 11.5 Å². The third-order valence-electron chi connectivity index (χ3n) is 2.89. The lowest BCUT2D eigenvalue weighted by atomic mass is 10.2. The summed E-state index contributed by atoms with van der Waals surface area (Å²) in [6.07, 6.45) is -3.60. The van der Waals surface area contributed by atoms with Crippen molar-refractivity contribution in [3.8, 4) is 11.5 Å². The van der Waals surface area contributed by atoms with Crippen LogP contribution in [0.4, 0.5) is 14.5 Å². The largest absolute Gasteiger partial charge is 0.586 e. The fourth-order valence-corrected chi connectivity index (χ4v) is 2.52. The van der Waals surface area contributed by atoms with E-state index in [1.165, 1.54) is 12.1 Å². The predicted molar refractivity (Wildman–Crippen MR) is 79.1 cm³/mol. The van der Waals surface area contributed by atoms with E-state index < -0.39 is 6.29 Å². The summed E-state index contributed by atoms with van der Waals surface area (Å²) < 4.78 is 35.5. The third kappa shape index (κ3) is 3.22. The minimum absolute atomic E-state index is 0.00941. The van der Waals surface area contributed by atoms with Crippen LogP contribution in [0, 0.1) is 0 Å². The lowest BCUT2D eigenvalue weighted by Crippen LogP contribution is -2.25. The van der Waals surface area contributed by atoms with Gasteiger partial charge in [-0.2, -0.15) is 0 Å². The molecule has 0 bridgehead atoms. The minimum atomic E-state index is -3.60. The van der Waals surface area contributed by atoms with Crippen molar-refractivity contribution in [3.05, 3.63) is 51.5 Å². The number of hydrogen-bond acceptors (Lipinski definition) is 3. The molecule has 0 unspecified atom stereocenters. The summed E-state index contributed by atoms with van der Waals surface area (Å²) in [6, 6.07) is 9.99. The second kappa shape index (κ2) is 5.35. The highest BCUT2D eigenvalue weighted by Gasteiger charge is 2.43. The van der Waals surface area contributed by atoms with E-state index in [1.54, 1.807) is 12.1 Å². The fraction of sp³-hybridized carbons (Fsp3) is 0.143. The lowest BCUT2D eigenvalue weighted by Gasteiger charge is -2.09. The van der Waals surface area contributed by atoms with E-state index in [1.807, 2.05) is 12.1 Å². The number of rotatable bonds is 3. The molecule has 0 spiro atoms. The molecule has 0 aromatic heterocycles. The molecule has 0 amide bonds. The molecule has 21 heavy (non-hydrogen) atoms. The zero-order valence-electron chi connectivity index (χ0n) is 10.5. The molecule has 110 valence electrons. The van der Waals surface area contributed by atoms with Gasteiger partial charge in [-0.25, -0.2) is 0 Å². The van der Waals surface area contributed by atoms with Gasteiger partial charge in [0.2, 0.25) is 0 Å². The summed E-state index contributed by atoms with van der Waals surface area (Å²) in [6.45, 7) is 0.483. The molecule has 7 heteroatoms. The predicted octanol–water partition coefficient (Wildman–Crippen LogP) is 5.04. The van der Waals surface area contributed by atoms with Gasteiger partial charge in [0.05, 0.1) is 0 Å². The van der Waals surface area contributed by atoms with Gasteiger partial charge in [0, 0.05) is 27.8 Å². The van der Waals surface area contributed by atoms with Crippen LogP contribution in [0.2, 0.25) is 5.02 Å². The number of hydrogen-bond donors (Lipinski definition) is 1. The maximum atomic E-state index is 12.9. The van der Waals surface area contributed by atoms with Gasteiger partial charge in [-0.3, -0.25) is 0 Å². The van der Waals surface area contributed by atoms with Crippen LogP contribution in [0.1, 0.15) is 5.56 Å². The lowest BCUT2D eigenvalue weighted by molar-refractivity contribution is -0.286. The molecule has 0 fully saturated rings. The Labute approximate surface area is 132 Å². The van der Waals surface area contributed by atoms with Crippen molar-refractivity contribution in [1.29, 1.82) is 0 Å². The Morgan fingerprint density at radius 1 is 1.10 bits per heavy atom. The maximum Gasteiger partial charge on any atom is 0.586 e. The zero-order valence-corrected chi connectivity index (χ0v) is 12.8. The molecule has 1 heterocycles. The van der Waals surface area contributed by atoms with Crippen LogP contribution in [-0.2, 0) is 6.54 Å². The van der Waals surface area contributed by atoms with Crippen molar-refractivity contribution in [3.63, 3.8) is 0 Å². The first-order valence-electron chi connectivity index (χ1n) is 6.01. The highest BCUT2D eigenvalue weighted by Crippen LogP contribution is 2.42. The van der Waals surface area contributed by atoms with Crippen LogP contribution in [0.5, 0.6) is 11.5 Å². The number of halogens is 4. The normalized spacial score (nSPS) is 15.0. The molecule has 0 saturated carbocycles. The van der Waals surface area contributed by atoms with E-state index in [9.17, 15) is 8.78 Å².